The Morgan fingerprint density at radius 1 is 1.38 bits per heavy atom. The van der Waals surface area contributed by atoms with E-state index in [4.69, 9.17) is 0 Å². The summed E-state index contributed by atoms with van der Waals surface area (Å²) < 4.78 is 0. The van der Waals surface area contributed by atoms with Crippen LogP contribution in [0.1, 0.15) is 13.3 Å². The van der Waals surface area contributed by atoms with Crippen molar-refractivity contribution in [2.45, 2.75) is 25.4 Å². The topological polar surface area (TPSA) is 27.3 Å². The van der Waals surface area contributed by atoms with Crippen molar-refractivity contribution in [3.05, 3.63) is 0 Å². The molecule has 2 aliphatic heterocycles. The van der Waals surface area contributed by atoms with Crippen LogP contribution < -0.4 is 10.6 Å². The Kier molecular flexibility index (Phi) is 2.86. The van der Waals surface area contributed by atoms with E-state index in [1.807, 2.05) is 0 Å². The third-order valence-corrected chi connectivity index (χ3v) is 3.30. The maximum Gasteiger partial charge on any atom is 0.0324 e. The molecule has 2 aliphatic rings. The summed E-state index contributed by atoms with van der Waals surface area (Å²) in [5.74, 6) is 0.791. The largest absolute Gasteiger partial charge is 0.316 e. The Morgan fingerprint density at radius 3 is 2.77 bits per heavy atom. The van der Waals surface area contributed by atoms with Gasteiger partial charge in [0.25, 0.3) is 0 Å². The zero-order valence-corrected chi connectivity index (χ0v) is 8.71. The number of likely N-dealkylation sites (tertiary alicyclic amines) is 1. The van der Waals surface area contributed by atoms with Crippen molar-refractivity contribution in [3.63, 3.8) is 0 Å². The molecular weight excluding hydrogens is 162 g/mol. The molecule has 0 radical (unpaired) electrons. The summed E-state index contributed by atoms with van der Waals surface area (Å²) in [6.07, 6.45) is 1.29. The highest BCUT2D eigenvalue weighted by Gasteiger charge is 2.28. The van der Waals surface area contributed by atoms with Crippen LogP contribution in [0.5, 0.6) is 0 Å². The van der Waals surface area contributed by atoms with E-state index in [2.05, 4.69) is 29.5 Å². The van der Waals surface area contributed by atoms with Crippen LogP contribution in [0.15, 0.2) is 0 Å². The van der Waals surface area contributed by atoms with Gasteiger partial charge in [-0.15, -0.1) is 0 Å². The molecular formula is C10H21N3. The van der Waals surface area contributed by atoms with Gasteiger partial charge in [0.05, 0.1) is 0 Å². The average molecular weight is 183 g/mol. The Hall–Kier alpha value is -0.120. The van der Waals surface area contributed by atoms with E-state index < -0.39 is 0 Å². The number of nitrogens with one attached hydrogen (secondary N) is 2. The fraction of sp³-hybridized carbons (Fsp3) is 1.00. The quantitative estimate of drug-likeness (QED) is 0.625. The molecule has 76 valence electrons. The first-order valence-electron chi connectivity index (χ1n) is 5.41. The van der Waals surface area contributed by atoms with Crippen molar-refractivity contribution in [1.29, 1.82) is 0 Å². The van der Waals surface area contributed by atoms with Crippen LogP contribution >= 0.6 is 0 Å². The van der Waals surface area contributed by atoms with Crippen LogP contribution in [0.3, 0.4) is 0 Å². The summed E-state index contributed by atoms with van der Waals surface area (Å²) in [5.41, 5.74) is 0. The van der Waals surface area contributed by atoms with Crippen LogP contribution in [0, 0.1) is 5.92 Å². The molecule has 0 amide bonds. The van der Waals surface area contributed by atoms with Crippen LogP contribution in [-0.2, 0) is 0 Å². The van der Waals surface area contributed by atoms with Crippen molar-refractivity contribution < 1.29 is 0 Å². The number of rotatable bonds is 2. The summed E-state index contributed by atoms with van der Waals surface area (Å²) in [6.45, 7) is 7.17. The molecule has 2 saturated heterocycles. The highest BCUT2D eigenvalue weighted by molar-refractivity contribution is 4.89. The van der Waals surface area contributed by atoms with E-state index in [-0.39, 0.29) is 0 Å². The lowest BCUT2D eigenvalue weighted by Gasteiger charge is -2.41. The summed E-state index contributed by atoms with van der Waals surface area (Å²) in [4.78, 5) is 2.36. The van der Waals surface area contributed by atoms with Gasteiger partial charge in [0, 0.05) is 25.2 Å². The van der Waals surface area contributed by atoms with E-state index in [9.17, 15) is 0 Å². The maximum absolute atomic E-state index is 3.75. The molecule has 0 aromatic rings. The molecule has 3 nitrogen and oxygen atoms in total. The molecule has 2 rings (SSSR count). The first-order valence-corrected chi connectivity index (χ1v) is 5.41. The summed E-state index contributed by atoms with van der Waals surface area (Å²) >= 11 is 0. The third-order valence-electron chi connectivity index (χ3n) is 3.30. The van der Waals surface area contributed by atoms with E-state index >= 15 is 0 Å². The fourth-order valence-electron chi connectivity index (χ4n) is 2.37. The molecule has 2 heterocycles. The van der Waals surface area contributed by atoms with Crippen LogP contribution in [0.4, 0.5) is 0 Å². The number of piperidine rings is 1. The van der Waals surface area contributed by atoms with E-state index in [1.54, 1.807) is 0 Å². The average Bonchev–Trinajstić information content (AvgIpc) is 2.06. The zero-order chi connectivity index (χ0) is 9.26. The number of nitrogens with zero attached hydrogens (tertiary/aromatic N) is 1. The first-order chi connectivity index (χ1) is 6.25. The predicted octanol–water partition coefficient (Wildman–Crippen LogP) is -0.112. The van der Waals surface area contributed by atoms with Gasteiger partial charge in [0.2, 0.25) is 0 Å². The molecule has 3 heteroatoms. The van der Waals surface area contributed by atoms with Gasteiger partial charge >= 0.3 is 0 Å². The second-order valence-electron chi connectivity index (χ2n) is 4.66. The Balaban J connectivity index is 1.73. The lowest BCUT2D eigenvalue weighted by molar-refractivity contribution is 0.132. The second-order valence-corrected chi connectivity index (χ2v) is 4.66. The number of hydrogen-bond donors (Lipinski definition) is 2. The van der Waals surface area contributed by atoms with E-state index in [1.165, 1.54) is 32.6 Å². The minimum absolute atomic E-state index is 0.750. The lowest BCUT2D eigenvalue weighted by atomic mass is 9.93. The summed E-state index contributed by atoms with van der Waals surface area (Å²) in [6, 6.07) is 1.51. The van der Waals surface area contributed by atoms with Crippen molar-refractivity contribution >= 4 is 0 Å². The van der Waals surface area contributed by atoms with Crippen molar-refractivity contribution in [2.75, 3.05) is 33.2 Å². The molecule has 2 N–H and O–H groups in total. The van der Waals surface area contributed by atoms with Crippen molar-refractivity contribution in [3.8, 4) is 0 Å². The monoisotopic (exact) mass is 183 g/mol. The standard InChI is InChI=1S/C10H21N3/c1-8-5-11-4-3-10(8)12-9-6-13(2)7-9/h8-12H,3-7H2,1-2H3. The zero-order valence-electron chi connectivity index (χ0n) is 8.71. The molecule has 2 atom stereocenters. The Labute approximate surface area is 80.9 Å². The normalized spacial score (nSPS) is 37.4. The van der Waals surface area contributed by atoms with Crippen LogP contribution in [0.25, 0.3) is 0 Å². The summed E-state index contributed by atoms with van der Waals surface area (Å²) in [7, 11) is 2.18. The molecule has 0 aliphatic carbocycles. The lowest BCUT2D eigenvalue weighted by Crippen LogP contribution is -2.61. The Bertz CT molecular complexity index is 166. The van der Waals surface area contributed by atoms with Gasteiger partial charge < -0.3 is 15.5 Å². The molecule has 0 spiro atoms. The maximum atomic E-state index is 3.75. The summed E-state index contributed by atoms with van der Waals surface area (Å²) in [5, 5.41) is 7.19. The highest BCUT2D eigenvalue weighted by Crippen LogP contribution is 2.13. The minimum Gasteiger partial charge on any atom is -0.316 e. The third kappa shape index (κ3) is 2.22. The highest BCUT2D eigenvalue weighted by atomic mass is 15.2. The van der Waals surface area contributed by atoms with Crippen LogP contribution in [0.2, 0.25) is 0 Å². The van der Waals surface area contributed by atoms with Crippen LogP contribution in [-0.4, -0.2) is 50.2 Å². The van der Waals surface area contributed by atoms with Crippen molar-refractivity contribution in [2.24, 2.45) is 5.92 Å². The van der Waals surface area contributed by atoms with Gasteiger partial charge in [-0.25, -0.2) is 0 Å². The van der Waals surface area contributed by atoms with Gasteiger partial charge in [0.1, 0.15) is 0 Å². The van der Waals surface area contributed by atoms with Crippen molar-refractivity contribution in [1.82, 2.24) is 15.5 Å². The fourth-order valence-corrected chi connectivity index (χ4v) is 2.37. The molecule has 0 saturated carbocycles. The predicted molar refractivity (Wildman–Crippen MR) is 54.9 cm³/mol. The number of hydrogen-bond acceptors (Lipinski definition) is 3. The molecule has 0 aromatic heterocycles. The molecule has 0 aromatic carbocycles. The molecule has 13 heavy (non-hydrogen) atoms. The second kappa shape index (κ2) is 3.95. The minimum atomic E-state index is 0.750. The molecule has 0 bridgehead atoms. The molecule has 2 unspecified atom stereocenters. The van der Waals surface area contributed by atoms with Gasteiger partial charge in [-0.1, -0.05) is 6.92 Å². The molecule has 2 fully saturated rings. The van der Waals surface area contributed by atoms with Gasteiger partial charge in [-0.2, -0.15) is 0 Å². The van der Waals surface area contributed by atoms with E-state index in [0.29, 0.717) is 0 Å². The first kappa shape index (κ1) is 9.44. The smallest absolute Gasteiger partial charge is 0.0324 e. The number of likely N-dealkylation sites (N-methyl/N-ethyl adjacent to an activating group) is 1. The van der Waals surface area contributed by atoms with Gasteiger partial charge in [0.15, 0.2) is 0 Å². The Morgan fingerprint density at radius 2 is 2.15 bits per heavy atom. The van der Waals surface area contributed by atoms with Gasteiger partial charge in [-0.05, 0) is 32.5 Å². The SMILES string of the molecule is CC1CNCCC1NC1CN(C)C1. The van der Waals surface area contributed by atoms with Gasteiger partial charge in [-0.3, -0.25) is 0 Å². The van der Waals surface area contributed by atoms with E-state index in [0.717, 1.165) is 18.0 Å².